The topological polar surface area (TPSA) is 72.6 Å². The van der Waals surface area contributed by atoms with Crippen LogP contribution < -0.4 is 5.73 Å². The van der Waals surface area contributed by atoms with Crippen molar-refractivity contribution in [2.45, 2.75) is 17.7 Å². The molecule has 0 saturated carbocycles. The number of hydrogen-bond acceptors (Lipinski definition) is 4. The molecule has 1 atom stereocenters. The Bertz CT molecular complexity index is 618. The van der Waals surface area contributed by atoms with E-state index in [1.165, 1.54) is 7.05 Å². The average molecular weight is 381 g/mol. The molecule has 8 heteroatoms. The van der Waals surface area contributed by atoms with Gasteiger partial charge in [-0.05, 0) is 46.8 Å². The minimum atomic E-state index is -3.91. The third kappa shape index (κ3) is 3.74. The van der Waals surface area contributed by atoms with Crippen LogP contribution >= 0.6 is 15.9 Å². The summed E-state index contributed by atoms with van der Waals surface area (Å²) in [5, 5.41) is 0. The van der Waals surface area contributed by atoms with Crippen LogP contribution in [0, 0.1) is 11.7 Å². The van der Waals surface area contributed by atoms with E-state index in [1.807, 2.05) is 0 Å². The van der Waals surface area contributed by atoms with Gasteiger partial charge >= 0.3 is 0 Å². The second-order valence-electron chi connectivity index (χ2n) is 5.17. The molecule has 0 aliphatic carbocycles. The molecule has 1 unspecified atom stereocenters. The number of nitrogens with two attached hydrogens (primary N) is 1. The molecule has 1 heterocycles. The highest BCUT2D eigenvalue weighted by atomic mass is 79.9. The Morgan fingerprint density at radius 1 is 1.52 bits per heavy atom. The Balaban J connectivity index is 2.22. The first-order valence-electron chi connectivity index (χ1n) is 6.61. The maximum Gasteiger partial charge on any atom is 0.245 e. The number of rotatable bonds is 4. The van der Waals surface area contributed by atoms with E-state index in [9.17, 15) is 12.8 Å². The Morgan fingerprint density at radius 2 is 2.24 bits per heavy atom. The van der Waals surface area contributed by atoms with Gasteiger partial charge in [0.1, 0.15) is 10.7 Å². The number of ether oxygens (including phenoxy) is 1. The lowest BCUT2D eigenvalue weighted by molar-refractivity contribution is 0.0495. The van der Waals surface area contributed by atoms with Gasteiger partial charge in [0, 0.05) is 30.4 Å². The molecule has 1 saturated heterocycles. The molecule has 118 valence electrons. The van der Waals surface area contributed by atoms with Crippen molar-refractivity contribution in [2.24, 2.45) is 5.92 Å². The molecule has 21 heavy (non-hydrogen) atoms. The highest BCUT2D eigenvalue weighted by Crippen LogP contribution is 2.28. The van der Waals surface area contributed by atoms with Crippen molar-refractivity contribution in [3.63, 3.8) is 0 Å². The van der Waals surface area contributed by atoms with Gasteiger partial charge in [-0.1, -0.05) is 0 Å². The van der Waals surface area contributed by atoms with Gasteiger partial charge in [0.2, 0.25) is 10.0 Å². The predicted octanol–water partition coefficient (Wildman–Crippen LogP) is 2.22. The van der Waals surface area contributed by atoms with Crippen LogP contribution in [-0.4, -0.2) is 39.5 Å². The van der Waals surface area contributed by atoms with E-state index >= 15 is 0 Å². The first kappa shape index (κ1) is 16.7. The van der Waals surface area contributed by atoms with Gasteiger partial charge in [-0.15, -0.1) is 0 Å². The zero-order chi connectivity index (χ0) is 15.6. The maximum absolute atomic E-state index is 13.9. The molecule has 2 N–H and O–H groups in total. The molecule has 5 nitrogen and oxygen atoms in total. The van der Waals surface area contributed by atoms with Gasteiger partial charge < -0.3 is 10.5 Å². The minimum Gasteiger partial charge on any atom is -0.398 e. The van der Waals surface area contributed by atoms with Gasteiger partial charge in [0.05, 0.1) is 6.61 Å². The molecular formula is C13H18BrFN2O3S. The van der Waals surface area contributed by atoms with Crippen LogP contribution in [0.15, 0.2) is 21.5 Å². The lowest BCUT2D eigenvalue weighted by Crippen LogP contribution is -2.35. The predicted molar refractivity (Wildman–Crippen MR) is 81.9 cm³/mol. The van der Waals surface area contributed by atoms with Gasteiger partial charge in [-0.2, -0.15) is 0 Å². The fraction of sp³-hybridized carbons (Fsp3) is 0.538. The Kier molecular flexibility index (Phi) is 5.24. The summed E-state index contributed by atoms with van der Waals surface area (Å²) in [4.78, 5) is -0.401. The number of benzene rings is 1. The summed E-state index contributed by atoms with van der Waals surface area (Å²) in [6.07, 6.45) is 1.82. The first-order chi connectivity index (χ1) is 9.82. The number of halogens is 2. The Hall–Kier alpha value is -0.700. The van der Waals surface area contributed by atoms with E-state index in [1.54, 1.807) is 0 Å². The Morgan fingerprint density at radius 3 is 2.86 bits per heavy atom. The largest absolute Gasteiger partial charge is 0.398 e. The molecule has 1 aliphatic heterocycles. The maximum atomic E-state index is 13.9. The van der Waals surface area contributed by atoms with Crippen molar-refractivity contribution in [3.8, 4) is 0 Å². The Labute approximate surface area is 132 Å². The van der Waals surface area contributed by atoms with Gasteiger partial charge in [-0.25, -0.2) is 17.1 Å². The molecule has 2 rings (SSSR count). The number of nitrogens with zero attached hydrogens (tertiary/aromatic N) is 1. The monoisotopic (exact) mass is 380 g/mol. The zero-order valence-electron chi connectivity index (χ0n) is 11.7. The fourth-order valence-electron chi connectivity index (χ4n) is 2.32. The molecule has 0 aromatic heterocycles. The van der Waals surface area contributed by atoms with Gasteiger partial charge in [0.15, 0.2) is 0 Å². The summed E-state index contributed by atoms with van der Waals surface area (Å²) < 4.78 is 45.7. The SMILES string of the molecule is CN(CC1CCCOC1)S(=O)(=O)c1cc(N)c(Br)cc1F. The summed E-state index contributed by atoms with van der Waals surface area (Å²) in [7, 11) is -2.46. The number of nitrogen functional groups attached to an aromatic ring is 1. The van der Waals surface area contributed by atoms with E-state index in [-0.39, 0.29) is 11.6 Å². The van der Waals surface area contributed by atoms with Crippen LogP contribution in [0.4, 0.5) is 10.1 Å². The van der Waals surface area contributed by atoms with E-state index < -0.39 is 20.7 Å². The average Bonchev–Trinajstić information content (AvgIpc) is 2.43. The van der Waals surface area contributed by atoms with Crippen LogP contribution in [0.3, 0.4) is 0 Å². The van der Waals surface area contributed by atoms with Crippen molar-refractivity contribution >= 4 is 31.6 Å². The molecule has 1 aromatic rings. The molecule has 1 fully saturated rings. The molecular weight excluding hydrogens is 363 g/mol. The van der Waals surface area contributed by atoms with Crippen LogP contribution in [0.1, 0.15) is 12.8 Å². The van der Waals surface area contributed by atoms with Crippen molar-refractivity contribution < 1.29 is 17.5 Å². The van der Waals surface area contributed by atoms with E-state index in [0.29, 0.717) is 24.2 Å². The molecule has 0 spiro atoms. The number of hydrogen-bond donors (Lipinski definition) is 1. The molecule has 1 aromatic carbocycles. The highest BCUT2D eigenvalue weighted by molar-refractivity contribution is 9.10. The summed E-state index contributed by atoms with van der Waals surface area (Å²) in [6, 6.07) is 2.21. The van der Waals surface area contributed by atoms with Gasteiger partial charge in [-0.3, -0.25) is 0 Å². The minimum absolute atomic E-state index is 0.134. The zero-order valence-corrected chi connectivity index (χ0v) is 14.1. The van der Waals surface area contributed by atoms with Crippen LogP contribution in [0.5, 0.6) is 0 Å². The van der Waals surface area contributed by atoms with Gasteiger partial charge in [0.25, 0.3) is 0 Å². The smallest absolute Gasteiger partial charge is 0.245 e. The van der Waals surface area contributed by atoms with E-state index in [4.69, 9.17) is 10.5 Å². The van der Waals surface area contributed by atoms with Crippen LogP contribution in [-0.2, 0) is 14.8 Å². The van der Waals surface area contributed by atoms with Crippen molar-refractivity contribution in [2.75, 3.05) is 32.5 Å². The highest BCUT2D eigenvalue weighted by Gasteiger charge is 2.28. The van der Waals surface area contributed by atoms with Crippen LogP contribution in [0.2, 0.25) is 0 Å². The van der Waals surface area contributed by atoms with E-state index in [0.717, 1.165) is 29.3 Å². The number of anilines is 1. The summed E-state index contributed by atoms with van der Waals surface area (Å²) in [6.45, 7) is 1.55. The third-order valence-corrected chi connectivity index (χ3v) is 6.03. The van der Waals surface area contributed by atoms with Crippen LogP contribution in [0.25, 0.3) is 0 Å². The second-order valence-corrected chi connectivity index (χ2v) is 8.04. The van der Waals surface area contributed by atoms with Crippen molar-refractivity contribution in [3.05, 3.63) is 22.4 Å². The third-order valence-electron chi connectivity index (χ3n) is 3.51. The molecule has 0 bridgehead atoms. The van der Waals surface area contributed by atoms with Crippen molar-refractivity contribution in [1.29, 1.82) is 0 Å². The van der Waals surface area contributed by atoms with Crippen molar-refractivity contribution in [1.82, 2.24) is 4.31 Å². The standard InChI is InChI=1S/C13H18BrFN2O3S/c1-17(7-9-3-2-4-20-8-9)21(18,19)13-6-12(16)10(14)5-11(13)15/h5-6,9H,2-4,7-8,16H2,1H3. The summed E-state index contributed by atoms with van der Waals surface area (Å²) in [5.41, 5.74) is 5.84. The molecule has 0 amide bonds. The second kappa shape index (κ2) is 6.60. The summed E-state index contributed by atoms with van der Waals surface area (Å²) in [5.74, 6) is -0.683. The normalized spacial score (nSPS) is 19.9. The lowest BCUT2D eigenvalue weighted by Gasteiger charge is -2.26. The van der Waals surface area contributed by atoms with E-state index in [2.05, 4.69) is 15.9 Å². The lowest BCUT2D eigenvalue weighted by atomic mass is 10.0. The summed E-state index contributed by atoms with van der Waals surface area (Å²) >= 11 is 3.07. The molecule has 0 radical (unpaired) electrons. The fourth-order valence-corrected chi connectivity index (χ4v) is 3.96. The molecule has 1 aliphatic rings. The quantitative estimate of drug-likeness (QED) is 0.812. The number of sulfonamides is 1. The first-order valence-corrected chi connectivity index (χ1v) is 8.84.